The lowest BCUT2D eigenvalue weighted by Gasteiger charge is -2.24. The quantitative estimate of drug-likeness (QED) is 0.754. The Morgan fingerprint density at radius 2 is 1.64 bits per heavy atom. The third-order valence-corrected chi connectivity index (χ3v) is 4.43. The molecule has 0 aliphatic carbocycles. The molecule has 1 amide bonds. The summed E-state index contributed by atoms with van der Waals surface area (Å²) < 4.78 is 11.3. The van der Waals surface area contributed by atoms with Crippen molar-refractivity contribution in [3.63, 3.8) is 0 Å². The summed E-state index contributed by atoms with van der Waals surface area (Å²) in [6.45, 7) is 8.44. The van der Waals surface area contributed by atoms with Crippen LogP contribution in [0.2, 0.25) is 0 Å². The van der Waals surface area contributed by atoms with Gasteiger partial charge in [-0.25, -0.2) is 0 Å². The van der Waals surface area contributed by atoms with Crippen LogP contribution < -0.4 is 9.47 Å². The summed E-state index contributed by atoms with van der Waals surface area (Å²) in [6.07, 6.45) is -1.43. The Hall–Kier alpha value is -2.53. The zero-order valence-electron chi connectivity index (χ0n) is 17.4. The van der Waals surface area contributed by atoms with Crippen LogP contribution in [0.25, 0.3) is 0 Å². The van der Waals surface area contributed by atoms with E-state index in [1.54, 1.807) is 26.1 Å². The predicted octanol–water partition coefficient (Wildman–Crippen LogP) is 3.65. The molecule has 0 aliphatic heterocycles. The van der Waals surface area contributed by atoms with Gasteiger partial charge in [-0.15, -0.1) is 0 Å². The SMILES string of the molecule is C[C@@H](Oc1ccccc1)C(=O)N(C)C[C@@H](O)COc1ccc(C(C)(C)C)cc1. The second-order valence-electron chi connectivity index (χ2n) is 8.03. The van der Waals surface area contributed by atoms with Crippen LogP contribution in [0.5, 0.6) is 11.5 Å². The van der Waals surface area contributed by atoms with Crippen molar-refractivity contribution in [3.8, 4) is 11.5 Å². The van der Waals surface area contributed by atoms with E-state index in [0.717, 1.165) is 0 Å². The molecule has 0 unspecified atom stereocenters. The number of amides is 1. The fraction of sp³-hybridized carbons (Fsp3) is 0.435. The number of nitrogens with zero attached hydrogens (tertiary/aromatic N) is 1. The highest BCUT2D eigenvalue weighted by molar-refractivity contribution is 5.80. The average molecular weight is 386 g/mol. The van der Waals surface area contributed by atoms with Gasteiger partial charge in [-0.1, -0.05) is 51.1 Å². The molecule has 2 aromatic rings. The van der Waals surface area contributed by atoms with Crippen molar-refractivity contribution >= 4 is 5.91 Å². The molecular weight excluding hydrogens is 354 g/mol. The lowest BCUT2D eigenvalue weighted by atomic mass is 9.87. The number of para-hydroxylation sites is 1. The summed E-state index contributed by atoms with van der Waals surface area (Å²) in [4.78, 5) is 13.9. The van der Waals surface area contributed by atoms with E-state index in [0.29, 0.717) is 11.5 Å². The zero-order valence-corrected chi connectivity index (χ0v) is 17.4. The van der Waals surface area contributed by atoms with Gasteiger partial charge in [-0.05, 0) is 42.2 Å². The first-order chi connectivity index (χ1) is 13.2. The molecule has 1 N–H and O–H groups in total. The number of carbonyl (C=O) groups is 1. The van der Waals surface area contributed by atoms with Gasteiger partial charge in [-0.2, -0.15) is 0 Å². The zero-order chi connectivity index (χ0) is 20.7. The fourth-order valence-electron chi connectivity index (χ4n) is 2.77. The molecule has 0 radical (unpaired) electrons. The van der Waals surface area contributed by atoms with Crippen LogP contribution >= 0.6 is 0 Å². The van der Waals surface area contributed by atoms with Crippen molar-refractivity contribution in [2.24, 2.45) is 0 Å². The third kappa shape index (κ3) is 6.57. The van der Waals surface area contributed by atoms with Gasteiger partial charge in [0.2, 0.25) is 0 Å². The van der Waals surface area contributed by atoms with Crippen LogP contribution in [-0.4, -0.2) is 48.3 Å². The summed E-state index contributed by atoms with van der Waals surface area (Å²) in [6, 6.07) is 17.1. The van der Waals surface area contributed by atoms with Crippen molar-refractivity contribution in [1.29, 1.82) is 0 Å². The smallest absolute Gasteiger partial charge is 0.263 e. The summed E-state index contributed by atoms with van der Waals surface area (Å²) >= 11 is 0. The Morgan fingerprint density at radius 1 is 1.04 bits per heavy atom. The summed E-state index contributed by atoms with van der Waals surface area (Å²) in [5, 5.41) is 10.2. The lowest BCUT2D eigenvalue weighted by molar-refractivity contribution is -0.138. The number of aliphatic hydroxyl groups is 1. The van der Waals surface area contributed by atoms with Gasteiger partial charge >= 0.3 is 0 Å². The normalized spacial score (nSPS) is 13.5. The van der Waals surface area contributed by atoms with Crippen molar-refractivity contribution in [3.05, 3.63) is 60.2 Å². The van der Waals surface area contributed by atoms with Gasteiger partial charge in [0.05, 0.1) is 0 Å². The van der Waals surface area contributed by atoms with E-state index >= 15 is 0 Å². The standard InChI is InChI=1S/C23H31NO4/c1-17(28-21-9-7-6-8-10-21)22(26)24(5)15-19(25)16-27-20-13-11-18(12-14-20)23(2,3)4/h6-14,17,19,25H,15-16H2,1-5H3/t17-,19-/m1/s1. The second kappa shape index (κ2) is 9.60. The highest BCUT2D eigenvalue weighted by Crippen LogP contribution is 2.24. The molecule has 0 saturated heterocycles. The highest BCUT2D eigenvalue weighted by Gasteiger charge is 2.21. The van der Waals surface area contributed by atoms with Crippen molar-refractivity contribution in [2.45, 2.75) is 45.3 Å². The Labute approximate surface area is 167 Å². The molecule has 0 aliphatic rings. The largest absolute Gasteiger partial charge is 0.491 e. The summed E-state index contributed by atoms with van der Waals surface area (Å²) in [5.41, 5.74) is 1.30. The minimum absolute atomic E-state index is 0.0830. The van der Waals surface area contributed by atoms with E-state index in [4.69, 9.17) is 9.47 Å². The predicted molar refractivity (Wildman–Crippen MR) is 111 cm³/mol. The molecule has 2 rings (SSSR count). The average Bonchev–Trinajstić information content (AvgIpc) is 2.66. The van der Waals surface area contributed by atoms with E-state index < -0.39 is 12.2 Å². The molecule has 2 atom stereocenters. The first-order valence-electron chi connectivity index (χ1n) is 9.55. The minimum Gasteiger partial charge on any atom is -0.491 e. The molecule has 0 fully saturated rings. The highest BCUT2D eigenvalue weighted by atomic mass is 16.5. The molecule has 0 heterocycles. The molecule has 5 nitrogen and oxygen atoms in total. The number of ether oxygens (including phenoxy) is 2. The van der Waals surface area contributed by atoms with Gasteiger partial charge in [-0.3, -0.25) is 4.79 Å². The Morgan fingerprint density at radius 3 is 2.21 bits per heavy atom. The fourth-order valence-corrected chi connectivity index (χ4v) is 2.77. The van der Waals surface area contributed by atoms with Crippen LogP contribution in [0.3, 0.4) is 0 Å². The van der Waals surface area contributed by atoms with E-state index in [9.17, 15) is 9.90 Å². The molecular formula is C23H31NO4. The maximum atomic E-state index is 12.4. The number of hydrogen-bond acceptors (Lipinski definition) is 4. The number of benzene rings is 2. The monoisotopic (exact) mass is 385 g/mol. The van der Waals surface area contributed by atoms with Gasteiger partial charge in [0, 0.05) is 13.6 Å². The van der Waals surface area contributed by atoms with Crippen LogP contribution in [0, 0.1) is 0 Å². The van der Waals surface area contributed by atoms with E-state index in [2.05, 4.69) is 20.8 Å². The van der Waals surface area contributed by atoms with Crippen LogP contribution in [-0.2, 0) is 10.2 Å². The van der Waals surface area contributed by atoms with E-state index in [1.807, 2.05) is 42.5 Å². The lowest BCUT2D eigenvalue weighted by Crippen LogP contribution is -2.43. The molecule has 2 aromatic carbocycles. The van der Waals surface area contributed by atoms with Crippen molar-refractivity contribution in [2.75, 3.05) is 20.2 Å². The number of rotatable bonds is 8. The van der Waals surface area contributed by atoms with Crippen LogP contribution in [0.1, 0.15) is 33.3 Å². The Balaban J connectivity index is 1.79. The number of aliphatic hydroxyl groups excluding tert-OH is 1. The summed E-state index contributed by atoms with van der Waals surface area (Å²) in [7, 11) is 1.65. The van der Waals surface area contributed by atoms with Gasteiger partial charge in [0.25, 0.3) is 5.91 Å². The number of hydrogen-bond donors (Lipinski definition) is 1. The van der Waals surface area contributed by atoms with E-state index in [1.165, 1.54) is 10.5 Å². The molecule has 0 aromatic heterocycles. The maximum absolute atomic E-state index is 12.4. The Kier molecular flexibility index (Phi) is 7.46. The Bertz CT molecular complexity index is 737. The van der Waals surface area contributed by atoms with Gasteiger partial charge < -0.3 is 19.5 Å². The van der Waals surface area contributed by atoms with Gasteiger partial charge in [0.1, 0.15) is 24.2 Å². The first-order valence-corrected chi connectivity index (χ1v) is 9.55. The topological polar surface area (TPSA) is 59.0 Å². The third-order valence-electron chi connectivity index (χ3n) is 4.43. The van der Waals surface area contributed by atoms with Crippen molar-refractivity contribution < 1.29 is 19.4 Å². The second-order valence-corrected chi connectivity index (χ2v) is 8.03. The molecule has 0 saturated carbocycles. The summed E-state index contributed by atoms with van der Waals surface area (Å²) in [5.74, 6) is 1.14. The number of carbonyl (C=O) groups excluding carboxylic acids is 1. The number of likely N-dealkylation sites (N-methyl/N-ethyl adjacent to an activating group) is 1. The van der Waals surface area contributed by atoms with Crippen LogP contribution in [0.4, 0.5) is 0 Å². The molecule has 0 spiro atoms. The van der Waals surface area contributed by atoms with Crippen LogP contribution in [0.15, 0.2) is 54.6 Å². The first kappa shape index (κ1) is 21.8. The molecule has 152 valence electrons. The molecule has 5 heteroatoms. The molecule has 0 bridgehead atoms. The van der Waals surface area contributed by atoms with Gasteiger partial charge in [0.15, 0.2) is 6.10 Å². The van der Waals surface area contributed by atoms with Crippen molar-refractivity contribution in [1.82, 2.24) is 4.90 Å². The maximum Gasteiger partial charge on any atom is 0.263 e. The minimum atomic E-state index is -0.792. The molecule has 28 heavy (non-hydrogen) atoms. The van der Waals surface area contributed by atoms with E-state index in [-0.39, 0.29) is 24.5 Å².